The van der Waals surface area contributed by atoms with Gasteiger partial charge in [-0.15, -0.1) is 0 Å². The second kappa shape index (κ2) is 7.34. The summed E-state index contributed by atoms with van der Waals surface area (Å²) in [6.45, 7) is 6.33. The molecule has 0 bridgehead atoms. The number of benzene rings is 1. The lowest BCUT2D eigenvalue weighted by Crippen LogP contribution is -2.45. The molecule has 0 fully saturated rings. The Morgan fingerprint density at radius 3 is 2.67 bits per heavy atom. The van der Waals surface area contributed by atoms with Crippen LogP contribution in [0.3, 0.4) is 0 Å². The van der Waals surface area contributed by atoms with Crippen LogP contribution in [0.5, 0.6) is 0 Å². The molecule has 2 amide bonds. The Morgan fingerprint density at radius 2 is 2.00 bits per heavy atom. The summed E-state index contributed by atoms with van der Waals surface area (Å²) in [5.41, 5.74) is 0.818. The van der Waals surface area contributed by atoms with E-state index in [1.54, 1.807) is 11.8 Å². The van der Waals surface area contributed by atoms with Crippen LogP contribution in [0.2, 0.25) is 0 Å². The molecule has 6 nitrogen and oxygen atoms in total. The fourth-order valence-corrected chi connectivity index (χ4v) is 4.65. The van der Waals surface area contributed by atoms with Crippen molar-refractivity contribution in [2.75, 3.05) is 13.1 Å². The summed E-state index contributed by atoms with van der Waals surface area (Å²) in [6.07, 6.45) is 0.729. The number of carbonyl (C=O) groups excluding carboxylic acids is 2. The number of rotatable bonds is 4. The zero-order valence-corrected chi connectivity index (χ0v) is 17.1. The molecule has 3 heterocycles. The molecule has 8 heteroatoms. The van der Waals surface area contributed by atoms with Gasteiger partial charge in [0.05, 0.1) is 6.04 Å². The van der Waals surface area contributed by atoms with E-state index in [0.29, 0.717) is 24.5 Å². The number of nitrogens with one attached hydrogen (secondary N) is 1. The molecular formula is C22H23F2N3O3. The van der Waals surface area contributed by atoms with Gasteiger partial charge < -0.3 is 14.8 Å². The van der Waals surface area contributed by atoms with Crippen LogP contribution in [-0.2, 0) is 6.54 Å². The number of hydrogen-bond acceptors (Lipinski definition) is 3. The summed E-state index contributed by atoms with van der Waals surface area (Å²) in [4.78, 5) is 40.7. The SMILES string of the molecule is CCN1CC2CC(C)c3c(C(=O)NCc4ccc(F)cc4F)c(=O)c(C)c(n32)C1=O. The van der Waals surface area contributed by atoms with E-state index in [0.717, 1.165) is 18.6 Å². The topological polar surface area (TPSA) is 71.4 Å². The predicted octanol–water partition coefficient (Wildman–Crippen LogP) is 2.89. The van der Waals surface area contributed by atoms with E-state index in [2.05, 4.69) is 5.32 Å². The molecule has 4 rings (SSSR count). The molecule has 2 aromatic rings. The van der Waals surface area contributed by atoms with E-state index in [1.165, 1.54) is 6.07 Å². The van der Waals surface area contributed by atoms with Crippen molar-refractivity contribution >= 4 is 11.8 Å². The third-order valence-corrected chi connectivity index (χ3v) is 6.12. The van der Waals surface area contributed by atoms with E-state index in [9.17, 15) is 23.2 Å². The monoisotopic (exact) mass is 415 g/mol. The second-order valence-corrected chi connectivity index (χ2v) is 7.99. The molecule has 2 atom stereocenters. The number of pyridine rings is 1. The Bertz CT molecular complexity index is 1130. The van der Waals surface area contributed by atoms with Crippen molar-refractivity contribution in [1.29, 1.82) is 0 Å². The van der Waals surface area contributed by atoms with Crippen molar-refractivity contribution in [1.82, 2.24) is 14.8 Å². The molecule has 2 aliphatic heterocycles. The molecule has 2 aliphatic rings. The van der Waals surface area contributed by atoms with Gasteiger partial charge in [-0.1, -0.05) is 13.0 Å². The van der Waals surface area contributed by atoms with Gasteiger partial charge in [-0.3, -0.25) is 14.4 Å². The average molecular weight is 415 g/mol. The highest BCUT2D eigenvalue weighted by Gasteiger charge is 2.42. The summed E-state index contributed by atoms with van der Waals surface area (Å²) in [5.74, 6) is -2.36. The van der Waals surface area contributed by atoms with Gasteiger partial charge in [0, 0.05) is 42.5 Å². The smallest absolute Gasteiger partial charge is 0.270 e. The van der Waals surface area contributed by atoms with E-state index in [-0.39, 0.29) is 41.1 Å². The summed E-state index contributed by atoms with van der Waals surface area (Å²) in [7, 11) is 0. The summed E-state index contributed by atoms with van der Waals surface area (Å²) >= 11 is 0. The van der Waals surface area contributed by atoms with Crippen molar-refractivity contribution < 1.29 is 18.4 Å². The molecule has 0 aliphatic carbocycles. The first kappa shape index (κ1) is 20.3. The van der Waals surface area contributed by atoms with Crippen LogP contribution >= 0.6 is 0 Å². The Morgan fingerprint density at radius 1 is 1.27 bits per heavy atom. The summed E-state index contributed by atoms with van der Waals surface area (Å²) in [6, 6.07) is 3.13. The Balaban J connectivity index is 1.75. The highest BCUT2D eigenvalue weighted by atomic mass is 19.1. The minimum absolute atomic E-state index is 0.00604. The van der Waals surface area contributed by atoms with Gasteiger partial charge in [-0.05, 0) is 32.3 Å². The van der Waals surface area contributed by atoms with Gasteiger partial charge in [-0.25, -0.2) is 8.78 Å². The third-order valence-electron chi connectivity index (χ3n) is 6.12. The minimum atomic E-state index is -0.767. The molecule has 1 aromatic carbocycles. The van der Waals surface area contributed by atoms with Crippen molar-refractivity contribution in [2.45, 2.75) is 45.7 Å². The first-order chi connectivity index (χ1) is 14.2. The Labute approximate surface area is 172 Å². The summed E-state index contributed by atoms with van der Waals surface area (Å²) < 4.78 is 28.9. The quantitative estimate of drug-likeness (QED) is 0.835. The molecule has 1 aromatic heterocycles. The maximum absolute atomic E-state index is 13.9. The van der Waals surface area contributed by atoms with Gasteiger partial charge >= 0.3 is 0 Å². The number of likely N-dealkylation sites (N-methyl/N-ethyl adjacent to an activating group) is 1. The van der Waals surface area contributed by atoms with Crippen LogP contribution in [0.4, 0.5) is 8.78 Å². The Hall–Kier alpha value is -3.03. The highest BCUT2D eigenvalue weighted by Crippen LogP contribution is 2.41. The van der Waals surface area contributed by atoms with Crippen LogP contribution in [-0.4, -0.2) is 34.4 Å². The zero-order chi connectivity index (χ0) is 21.7. The lowest BCUT2D eigenvalue weighted by molar-refractivity contribution is 0.0679. The van der Waals surface area contributed by atoms with Crippen LogP contribution in [0.1, 0.15) is 69.9 Å². The fraction of sp³-hybridized carbons (Fsp3) is 0.409. The number of hydrogen-bond donors (Lipinski definition) is 1. The van der Waals surface area contributed by atoms with Gasteiger partial charge in [0.2, 0.25) is 0 Å². The average Bonchev–Trinajstić information content (AvgIpc) is 3.02. The van der Waals surface area contributed by atoms with E-state index >= 15 is 0 Å². The lowest BCUT2D eigenvalue weighted by Gasteiger charge is -2.34. The molecule has 158 valence electrons. The lowest BCUT2D eigenvalue weighted by atomic mass is 9.98. The van der Waals surface area contributed by atoms with Gasteiger partial charge in [-0.2, -0.15) is 0 Å². The normalized spacial score (nSPS) is 19.8. The number of amides is 2. The number of nitrogens with zero attached hydrogens (tertiary/aromatic N) is 2. The van der Waals surface area contributed by atoms with Gasteiger partial charge in [0.15, 0.2) is 5.43 Å². The van der Waals surface area contributed by atoms with Crippen molar-refractivity contribution in [3.63, 3.8) is 0 Å². The summed E-state index contributed by atoms with van der Waals surface area (Å²) in [5, 5.41) is 2.59. The van der Waals surface area contributed by atoms with Gasteiger partial charge in [0.1, 0.15) is 22.9 Å². The second-order valence-electron chi connectivity index (χ2n) is 7.99. The first-order valence-corrected chi connectivity index (χ1v) is 10.0. The van der Waals surface area contributed by atoms with E-state index in [4.69, 9.17) is 0 Å². The van der Waals surface area contributed by atoms with E-state index < -0.39 is 23.0 Å². The van der Waals surface area contributed by atoms with Crippen molar-refractivity contribution in [3.05, 3.63) is 68.1 Å². The number of aromatic nitrogens is 1. The Kier molecular flexibility index (Phi) is 4.95. The van der Waals surface area contributed by atoms with Crippen LogP contribution in [0.15, 0.2) is 23.0 Å². The third kappa shape index (κ3) is 3.02. The maximum Gasteiger partial charge on any atom is 0.270 e. The predicted molar refractivity (Wildman–Crippen MR) is 107 cm³/mol. The highest BCUT2D eigenvalue weighted by molar-refractivity contribution is 5.99. The molecular weight excluding hydrogens is 392 g/mol. The zero-order valence-electron chi connectivity index (χ0n) is 17.1. The van der Waals surface area contributed by atoms with Gasteiger partial charge in [0.25, 0.3) is 11.8 Å². The molecule has 2 unspecified atom stereocenters. The standard InChI is InChI=1S/C22H23F2N3O3/c1-4-26-10-15-7-11(2)18-17(20(28)12(3)19(22(26)30)27(15)18)21(29)25-9-13-5-6-14(23)8-16(13)24/h5-6,8,11,15H,4,7,9-10H2,1-3H3,(H,25,29). The van der Waals surface area contributed by atoms with E-state index in [1.807, 2.05) is 18.4 Å². The fourth-order valence-electron chi connectivity index (χ4n) is 4.65. The largest absolute Gasteiger partial charge is 0.348 e. The minimum Gasteiger partial charge on any atom is -0.348 e. The van der Waals surface area contributed by atoms with Crippen LogP contribution < -0.4 is 10.7 Å². The maximum atomic E-state index is 13.9. The van der Waals surface area contributed by atoms with Crippen molar-refractivity contribution in [2.24, 2.45) is 0 Å². The van der Waals surface area contributed by atoms with Crippen molar-refractivity contribution in [3.8, 4) is 0 Å². The molecule has 1 N–H and O–H groups in total. The molecule has 0 saturated carbocycles. The first-order valence-electron chi connectivity index (χ1n) is 10.0. The molecule has 0 spiro atoms. The van der Waals surface area contributed by atoms with Crippen LogP contribution in [0.25, 0.3) is 0 Å². The van der Waals surface area contributed by atoms with Crippen LogP contribution in [0, 0.1) is 18.6 Å². The molecule has 0 radical (unpaired) electrons. The molecule has 0 saturated heterocycles. The molecule has 30 heavy (non-hydrogen) atoms. The number of halogens is 2. The number of carbonyl (C=O) groups is 2.